The topological polar surface area (TPSA) is 53.9 Å². The SMILES string of the molecule is CC(C)CNc1nncc(N(C)c2ccccc2)n1. The minimum absolute atomic E-state index is 0.541. The van der Waals surface area contributed by atoms with Crippen LogP contribution in [0.15, 0.2) is 36.5 Å². The molecule has 0 aliphatic rings. The molecule has 1 aromatic carbocycles. The molecule has 0 spiro atoms. The Hall–Kier alpha value is -2.17. The smallest absolute Gasteiger partial charge is 0.244 e. The zero-order valence-corrected chi connectivity index (χ0v) is 11.5. The third-order valence-electron chi connectivity index (χ3n) is 2.70. The molecule has 0 radical (unpaired) electrons. The number of rotatable bonds is 5. The summed E-state index contributed by atoms with van der Waals surface area (Å²) >= 11 is 0. The minimum Gasteiger partial charge on any atom is -0.353 e. The summed E-state index contributed by atoms with van der Waals surface area (Å²) in [5.74, 6) is 1.88. The Morgan fingerprint density at radius 3 is 2.63 bits per heavy atom. The molecule has 2 rings (SSSR count). The Morgan fingerprint density at radius 1 is 1.21 bits per heavy atom. The van der Waals surface area contributed by atoms with Gasteiger partial charge in [-0.25, -0.2) is 0 Å². The number of anilines is 3. The fraction of sp³-hybridized carbons (Fsp3) is 0.357. The molecule has 1 heterocycles. The van der Waals surface area contributed by atoms with Crippen LogP contribution in [0.2, 0.25) is 0 Å². The van der Waals surface area contributed by atoms with E-state index in [2.05, 4.69) is 34.3 Å². The number of hydrogen-bond acceptors (Lipinski definition) is 5. The number of nitrogens with one attached hydrogen (secondary N) is 1. The molecule has 100 valence electrons. The maximum atomic E-state index is 4.46. The van der Waals surface area contributed by atoms with Crippen molar-refractivity contribution in [2.45, 2.75) is 13.8 Å². The van der Waals surface area contributed by atoms with Crippen LogP contribution in [0.4, 0.5) is 17.5 Å². The molecule has 0 aliphatic heterocycles. The van der Waals surface area contributed by atoms with Crippen molar-refractivity contribution < 1.29 is 0 Å². The van der Waals surface area contributed by atoms with E-state index in [9.17, 15) is 0 Å². The minimum atomic E-state index is 0.541. The van der Waals surface area contributed by atoms with Gasteiger partial charge in [0.1, 0.15) is 0 Å². The molecule has 0 fully saturated rings. The van der Waals surface area contributed by atoms with Crippen LogP contribution in [-0.4, -0.2) is 28.8 Å². The molecule has 0 bridgehead atoms. The second kappa shape index (κ2) is 6.13. The van der Waals surface area contributed by atoms with Gasteiger partial charge in [0, 0.05) is 19.3 Å². The maximum Gasteiger partial charge on any atom is 0.244 e. The zero-order valence-electron chi connectivity index (χ0n) is 11.5. The molecule has 2 aromatic rings. The van der Waals surface area contributed by atoms with E-state index in [1.54, 1.807) is 6.20 Å². The number of hydrogen-bond donors (Lipinski definition) is 1. The summed E-state index contributed by atoms with van der Waals surface area (Å²) in [5, 5.41) is 11.2. The van der Waals surface area contributed by atoms with Gasteiger partial charge in [0.2, 0.25) is 5.95 Å². The lowest BCUT2D eigenvalue weighted by atomic mass is 10.2. The summed E-state index contributed by atoms with van der Waals surface area (Å²) in [6, 6.07) is 10.1. The third kappa shape index (κ3) is 3.64. The van der Waals surface area contributed by atoms with Crippen molar-refractivity contribution in [1.29, 1.82) is 0 Å². The molecule has 5 heteroatoms. The first kappa shape index (κ1) is 13.3. The molecule has 0 unspecified atom stereocenters. The highest BCUT2D eigenvalue weighted by molar-refractivity contribution is 5.58. The van der Waals surface area contributed by atoms with Crippen LogP contribution in [0.25, 0.3) is 0 Å². The van der Waals surface area contributed by atoms with Gasteiger partial charge in [-0.05, 0) is 18.1 Å². The molecule has 0 atom stereocenters. The first-order valence-corrected chi connectivity index (χ1v) is 6.39. The molecule has 0 saturated carbocycles. The van der Waals surface area contributed by atoms with Crippen LogP contribution >= 0.6 is 0 Å². The van der Waals surface area contributed by atoms with Crippen LogP contribution in [0, 0.1) is 5.92 Å². The Labute approximate surface area is 113 Å². The first-order chi connectivity index (χ1) is 9.16. The van der Waals surface area contributed by atoms with Crippen molar-refractivity contribution in [3.8, 4) is 0 Å². The van der Waals surface area contributed by atoms with E-state index in [1.807, 2.05) is 42.3 Å². The van der Waals surface area contributed by atoms with Gasteiger partial charge in [-0.15, -0.1) is 5.10 Å². The number of aromatic nitrogens is 3. The lowest BCUT2D eigenvalue weighted by Crippen LogP contribution is -2.15. The van der Waals surface area contributed by atoms with E-state index in [1.165, 1.54) is 0 Å². The van der Waals surface area contributed by atoms with Gasteiger partial charge in [0.25, 0.3) is 0 Å². The van der Waals surface area contributed by atoms with E-state index in [-0.39, 0.29) is 0 Å². The van der Waals surface area contributed by atoms with Crippen LogP contribution in [0.1, 0.15) is 13.8 Å². The fourth-order valence-corrected chi connectivity index (χ4v) is 1.61. The van der Waals surface area contributed by atoms with Gasteiger partial charge in [0.15, 0.2) is 5.82 Å². The molecule has 19 heavy (non-hydrogen) atoms. The standard InChI is InChI=1S/C14H19N5/c1-11(2)9-15-14-17-13(10-16-18-14)19(3)12-7-5-4-6-8-12/h4-8,10-11H,9H2,1-3H3,(H,15,17,18). The molecular weight excluding hydrogens is 238 g/mol. The first-order valence-electron chi connectivity index (χ1n) is 6.39. The molecule has 1 aromatic heterocycles. The average molecular weight is 257 g/mol. The van der Waals surface area contributed by atoms with Crippen LogP contribution in [-0.2, 0) is 0 Å². The van der Waals surface area contributed by atoms with Crippen molar-refractivity contribution in [2.75, 3.05) is 23.8 Å². The van der Waals surface area contributed by atoms with E-state index < -0.39 is 0 Å². The van der Waals surface area contributed by atoms with Gasteiger partial charge in [-0.2, -0.15) is 10.1 Å². The third-order valence-corrected chi connectivity index (χ3v) is 2.70. The van der Waals surface area contributed by atoms with Gasteiger partial charge in [-0.3, -0.25) is 0 Å². The van der Waals surface area contributed by atoms with Crippen molar-refractivity contribution in [3.63, 3.8) is 0 Å². The average Bonchev–Trinajstić information content (AvgIpc) is 2.45. The maximum absolute atomic E-state index is 4.46. The molecule has 5 nitrogen and oxygen atoms in total. The summed E-state index contributed by atoms with van der Waals surface area (Å²) in [6.45, 7) is 5.11. The molecule has 1 N–H and O–H groups in total. The van der Waals surface area contributed by atoms with Gasteiger partial charge in [0.05, 0.1) is 6.20 Å². The predicted molar refractivity (Wildman–Crippen MR) is 77.7 cm³/mol. The number of para-hydroxylation sites is 1. The van der Waals surface area contributed by atoms with Crippen molar-refractivity contribution in [2.24, 2.45) is 5.92 Å². The normalized spacial score (nSPS) is 10.5. The van der Waals surface area contributed by atoms with Gasteiger partial charge in [-0.1, -0.05) is 32.0 Å². The zero-order chi connectivity index (χ0) is 13.7. The summed E-state index contributed by atoms with van der Waals surface area (Å²) in [4.78, 5) is 6.44. The lowest BCUT2D eigenvalue weighted by Gasteiger charge is -2.18. The summed E-state index contributed by atoms with van der Waals surface area (Å²) in [6.07, 6.45) is 1.66. The molecule has 0 saturated heterocycles. The lowest BCUT2D eigenvalue weighted by molar-refractivity contribution is 0.682. The summed E-state index contributed by atoms with van der Waals surface area (Å²) < 4.78 is 0. The fourth-order valence-electron chi connectivity index (χ4n) is 1.61. The molecular formula is C14H19N5. The van der Waals surface area contributed by atoms with E-state index in [0.717, 1.165) is 18.1 Å². The van der Waals surface area contributed by atoms with Crippen molar-refractivity contribution in [1.82, 2.24) is 15.2 Å². The van der Waals surface area contributed by atoms with Gasteiger partial charge < -0.3 is 10.2 Å². The summed E-state index contributed by atoms with van der Waals surface area (Å²) in [5.41, 5.74) is 1.07. The predicted octanol–water partition coefficient (Wildman–Crippen LogP) is 2.71. The Bertz CT molecular complexity index is 512. The summed E-state index contributed by atoms with van der Waals surface area (Å²) in [7, 11) is 1.96. The largest absolute Gasteiger partial charge is 0.353 e. The highest BCUT2D eigenvalue weighted by atomic mass is 15.3. The van der Waals surface area contributed by atoms with Crippen LogP contribution in [0.3, 0.4) is 0 Å². The van der Waals surface area contributed by atoms with Gasteiger partial charge >= 0.3 is 0 Å². The molecule has 0 aliphatic carbocycles. The highest BCUT2D eigenvalue weighted by Crippen LogP contribution is 2.20. The van der Waals surface area contributed by atoms with Crippen molar-refractivity contribution >= 4 is 17.5 Å². The second-order valence-electron chi connectivity index (χ2n) is 4.81. The van der Waals surface area contributed by atoms with E-state index in [4.69, 9.17) is 0 Å². The second-order valence-corrected chi connectivity index (χ2v) is 4.81. The Morgan fingerprint density at radius 2 is 1.95 bits per heavy atom. The Kier molecular flexibility index (Phi) is 4.28. The van der Waals surface area contributed by atoms with Crippen LogP contribution in [0.5, 0.6) is 0 Å². The van der Waals surface area contributed by atoms with E-state index in [0.29, 0.717) is 11.9 Å². The van der Waals surface area contributed by atoms with Crippen molar-refractivity contribution in [3.05, 3.63) is 36.5 Å². The number of nitrogens with zero attached hydrogens (tertiary/aromatic N) is 4. The highest BCUT2D eigenvalue weighted by Gasteiger charge is 2.07. The quantitative estimate of drug-likeness (QED) is 0.892. The Balaban J connectivity index is 2.14. The van der Waals surface area contributed by atoms with Crippen LogP contribution < -0.4 is 10.2 Å². The number of benzene rings is 1. The molecule has 0 amide bonds. The van der Waals surface area contributed by atoms with E-state index >= 15 is 0 Å². The monoisotopic (exact) mass is 257 g/mol.